The van der Waals surface area contributed by atoms with Crippen molar-refractivity contribution in [1.29, 1.82) is 0 Å². The number of nitrogens with one attached hydrogen (secondary N) is 1. The Morgan fingerprint density at radius 1 is 1.24 bits per heavy atom. The molecule has 8 nitrogen and oxygen atoms in total. The molecule has 2 aromatic carbocycles. The minimum absolute atomic E-state index is 0.00954. The van der Waals surface area contributed by atoms with Crippen LogP contribution in [0, 0.1) is 10.1 Å². The van der Waals surface area contributed by atoms with E-state index in [-0.39, 0.29) is 11.4 Å². The topological polar surface area (TPSA) is 102 Å². The van der Waals surface area contributed by atoms with Crippen LogP contribution >= 0.6 is 39.1 Å². The molecule has 0 unspecified atom stereocenters. The SMILES string of the molecule is O=C(N/N=C/c1ccc(Cl)c(Cl)c1)c1nn(Cc2ccc([N+](=O)[O-])cc2)cc1Br. The standard InChI is InChI=1S/C18H12BrCl2N5O3/c19-14-10-25(9-11-1-4-13(5-2-11)26(28)29)24-17(14)18(27)23-22-8-12-3-6-15(20)16(21)7-12/h1-8,10H,9H2,(H,23,27)/b22-8+. The number of halogens is 3. The third kappa shape index (κ3) is 5.41. The number of carbonyl (C=O) groups is 1. The first-order chi connectivity index (χ1) is 13.8. The Bertz CT molecular complexity index is 1100. The van der Waals surface area contributed by atoms with E-state index in [1.807, 2.05) is 0 Å². The molecule has 0 aliphatic rings. The summed E-state index contributed by atoms with van der Waals surface area (Å²) < 4.78 is 2.03. The van der Waals surface area contributed by atoms with Gasteiger partial charge in [0.05, 0.1) is 32.2 Å². The van der Waals surface area contributed by atoms with E-state index in [0.29, 0.717) is 26.6 Å². The van der Waals surface area contributed by atoms with Gasteiger partial charge in [-0.05, 0) is 39.2 Å². The molecule has 0 fully saturated rings. The fourth-order valence-electron chi connectivity index (χ4n) is 2.35. The number of hydrazone groups is 1. The van der Waals surface area contributed by atoms with Crippen molar-refractivity contribution in [3.05, 3.63) is 90.1 Å². The molecular formula is C18H12BrCl2N5O3. The Labute approximate surface area is 183 Å². The van der Waals surface area contributed by atoms with Crippen LogP contribution in [0.4, 0.5) is 5.69 Å². The average molecular weight is 497 g/mol. The number of hydrogen-bond acceptors (Lipinski definition) is 5. The maximum absolute atomic E-state index is 12.3. The molecule has 0 saturated carbocycles. The molecule has 0 aliphatic heterocycles. The van der Waals surface area contributed by atoms with Crippen LogP contribution in [-0.2, 0) is 6.54 Å². The van der Waals surface area contributed by atoms with Crippen LogP contribution in [0.1, 0.15) is 21.6 Å². The molecule has 3 rings (SSSR count). The van der Waals surface area contributed by atoms with E-state index >= 15 is 0 Å². The number of benzene rings is 2. The van der Waals surface area contributed by atoms with Gasteiger partial charge >= 0.3 is 0 Å². The van der Waals surface area contributed by atoms with Crippen LogP contribution in [-0.4, -0.2) is 26.8 Å². The van der Waals surface area contributed by atoms with E-state index < -0.39 is 10.8 Å². The average Bonchev–Trinajstić information content (AvgIpc) is 3.05. The summed E-state index contributed by atoms with van der Waals surface area (Å²) >= 11 is 15.1. The fraction of sp³-hybridized carbons (Fsp3) is 0.0556. The van der Waals surface area contributed by atoms with Crippen molar-refractivity contribution < 1.29 is 9.72 Å². The van der Waals surface area contributed by atoms with E-state index in [1.54, 1.807) is 41.2 Å². The number of nitrogens with zero attached hydrogens (tertiary/aromatic N) is 4. The van der Waals surface area contributed by atoms with Crippen LogP contribution in [0.5, 0.6) is 0 Å². The second-order valence-corrected chi connectivity index (χ2v) is 7.49. The number of nitro benzene ring substituents is 1. The summed E-state index contributed by atoms with van der Waals surface area (Å²) in [6, 6.07) is 11.1. The van der Waals surface area contributed by atoms with Gasteiger partial charge in [-0.2, -0.15) is 10.2 Å². The lowest BCUT2D eigenvalue weighted by atomic mass is 10.2. The first-order valence-electron chi connectivity index (χ1n) is 8.08. The molecule has 1 amide bonds. The molecule has 0 spiro atoms. The highest BCUT2D eigenvalue weighted by Gasteiger charge is 2.15. The number of aromatic nitrogens is 2. The predicted octanol–water partition coefficient (Wildman–Crippen LogP) is 4.67. The third-order valence-corrected chi connectivity index (χ3v) is 5.07. The maximum Gasteiger partial charge on any atom is 0.293 e. The Kier molecular flexibility index (Phi) is 6.63. The molecule has 1 N–H and O–H groups in total. The van der Waals surface area contributed by atoms with Gasteiger partial charge < -0.3 is 0 Å². The number of amides is 1. The first-order valence-corrected chi connectivity index (χ1v) is 9.63. The second-order valence-electron chi connectivity index (χ2n) is 5.82. The zero-order chi connectivity index (χ0) is 21.0. The van der Waals surface area contributed by atoms with Gasteiger partial charge in [-0.15, -0.1) is 0 Å². The molecule has 11 heteroatoms. The molecule has 0 aliphatic carbocycles. The lowest BCUT2D eigenvalue weighted by Gasteiger charge is -2.01. The van der Waals surface area contributed by atoms with Crippen LogP contribution in [0.25, 0.3) is 0 Å². The number of nitro groups is 1. The van der Waals surface area contributed by atoms with Gasteiger partial charge in [-0.3, -0.25) is 19.6 Å². The van der Waals surface area contributed by atoms with Gasteiger partial charge in [-0.1, -0.05) is 41.4 Å². The smallest absolute Gasteiger partial charge is 0.266 e. The van der Waals surface area contributed by atoms with Crippen LogP contribution in [0.3, 0.4) is 0 Å². The van der Waals surface area contributed by atoms with Crippen LogP contribution < -0.4 is 5.43 Å². The van der Waals surface area contributed by atoms with E-state index in [4.69, 9.17) is 23.2 Å². The van der Waals surface area contributed by atoms with E-state index in [9.17, 15) is 14.9 Å². The lowest BCUT2D eigenvalue weighted by molar-refractivity contribution is -0.384. The molecule has 29 heavy (non-hydrogen) atoms. The largest absolute Gasteiger partial charge is 0.293 e. The van der Waals surface area contributed by atoms with Crippen molar-refractivity contribution in [1.82, 2.24) is 15.2 Å². The Morgan fingerprint density at radius 2 is 1.97 bits per heavy atom. The van der Waals surface area contributed by atoms with Gasteiger partial charge in [0, 0.05) is 18.3 Å². The number of carbonyl (C=O) groups excluding carboxylic acids is 1. The summed E-state index contributed by atoms with van der Waals surface area (Å²) in [6.45, 7) is 0.344. The minimum Gasteiger partial charge on any atom is -0.266 e. The van der Waals surface area contributed by atoms with Crippen LogP contribution in [0.15, 0.2) is 58.2 Å². The normalized spacial score (nSPS) is 11.0. The summed E-state index contributed by atoms with van der Waals surface area (Å²) in [5, 5.41) is 19.6. The maximum atomic E-state index is 12.3. The molecule has 1 heterocycles. The van der Waals surface area contributed by atoms with Crippen molar-refractivity contribution in [2.45, 2.75) is 6.54 Å². The molecular weight excluding hydrogens is 485 g/mol. The summed E-state index contributed by atoms with van der Waals surface area (Å²) in [4.78, 5) is 22.6. The summed E-state index contributed by atoms with van der Waals surface area (Å²) in [5.41, 5.74) is 4.02. The van der Waals surface area contributed by atoms with Crippen molar-refractivity contribution >= 4 is 56.9 Å². The Hall–Kier alpha value is -2.75. The van der Waals surface area contributed by atoms with E-state index in [0.717, 1.165) is 5.56 Å². The highest BCUT2D eigenvalue weighted by atomic mass is 79.9. The quantitative estimate of drug-likeness (QED) is 0.304. The molecule has 0 radical (unpaired) electrons. The lowest BCUT2D eigenvalue weighted by Crippen LogP contribution is -2.19. The van der Waals surface area contributed by atoms with Crippen molar-refractivity contribution in [2.75, 3.05) is 0 Å². The van der Waals surface area contributed by atoms with Crippen LogP contribution in [0.2, 0.25) is 10.0 Å². The molecule has 3 aromatic rings. The van der Waals surface area contributed by atoms with Gasteiger partial charge in [0.25, 0.3) is 11.6 Å². The molecule has 0 saturated heterocycles. The summed E-state index contributed by atoms with van der Waals surface area (Å²) in [7, 11) is 0. The fourth-order valence-corrected chi connectivity index (χ4v) is 3.16. The monoisotopic (exact) mass is 495 g/mol. The summed E-state index contributed by atoms with van der Waals surface area (Å²) in [6.07, 6.45) is 3.07. The van der Waals surface area contributed by atoms with E-state index in [1.165, 1.54) is 18.3 Å². The first kappa shape index (κ1) is 21.0. The van der Waals surface area contributed by atoms with Crippen molar-refractivity contribution in [2.24, 2.45) is 5.10 Å². The zero-order valence-electron chi connectivity index (χ0n) is 14.6. The Balaban J connectivity index is 1.65. The third-order valence-electron chi connectivity index (χ3n) is 3.75. The highest BCUT2D eigenvalue weighted by molar-refractivity contribution is 9.10. The predicted molar refractivity (Wildman–Crippen MR) is 114 cm³/mol. The molecule has 1 aromatic heterocycles. The minimum atomic E-state index is -0.504. The number of rotatable bonds is 6. The molecule has 0 bridgehead atoms. The van der Waals surface area contributed by atoms with Crippen molar-refractivity contribution in [3.8, 4) is 0 Å². The number of non-ortho nitro benzene ring substituents is 1. The molecule has 0 atom stereocenters. The van der Waals surface area contributed by atoms with Gasteiger partial charge in [0.2, 0.25) is 0 Å². The highest BCUT2D eigenvalue weighted by Crippen LogP contribution is 2.22. The second kappa shape index (κ2) is 9.17. The van der Waals surface area contributed by atoms with E-state index in [2.05, 4.69) is 31.6 Å². The summed E-state index contributed by atoms with van der Waals surface area (Å²) in [5.74, 6) is -0.504. The van der Waals surface area contributed by atoms with Crippen molar-refractivity contribution in [3.63, 3.8) is 0 Å². The number of hydrogen-bond donors (Lipinski definition) is 1. The van der Waals surface area contributed by atoms with Gasteiger partial charge in [-0.25, -0.2) is 5.43 Å². The van der Waals surface area contributed by atoms with Gasteiger partial charge in [0.1, 0.15) is 0 Å². The zero-order valence-corrected chi connectivity index (χ0v) is 17.6. The van der Waals surface area contributed by atoms with Gasteiger partial charge in [0.15, 0.2) is 5.69 Å². The molecule has 148 valence electrons. The Morgan fingerprint density at radius 3 is 2.62 bits per heavy atom.